The van der Waals surface area contributed by atoms with Crippen molar-refractivity contribution in [1.29, 1.82) is 0 Å². The molecule has 0 saturated carbocycles. The number of piperidine rings is 1. The maximum atomic E-state index is 4.45. The third-order valence-corrected chi connectivity index (χ3v) is 4.67. The Bertz CT molecular complexity index is 329. The van der Waals surface area contributed by atoms with Gasteiger partial charge in [-0.05, 0) is 38.9 Å². The molecular formula is C13H23N3S. The Morgan fingerprint density at radius 1 is 1.41 bits per heavy atom. The molecule has 0 radical (unpaired) electrons. The van der Waals surface area contributed by atoms with E-state index >= 15 is 0 Å². The van der Waals surface area contributed by atoms with Gasteiger partial charge in [0.2, 0.25) is 0 Å². The van der Waals surface area contributed by atoms with Crippen LogP contribution >= 0.6 is 11.3 Å². The highest BCUT2D eigenvalue weighted by Crippen LogP contribution is 2.15. The zero-order valence-electron chi connectivity index (χ0n) is 10.9. The summed E-state index contributed by atoms with van der Waals surface area (Å²) >= 11 is 1.84. The van der Waals surface area contributed by atoms with Crippen molar-refractivity contribution in [3.63, 3.8) is 0 Å². The Kier molecular flexibility index (Phi) is 4.95. The van der Waals surface area contributed by atoms with Crippen LogP contribution in [-0.2, 0) is 13.0 Å². The lowest BCUT2D eigenvalue weighted by Crippen LogP contribution is -2.42. The minimum atomic E-state index is 0.687. The van der Waals surface area contributed by atoms with Crippen molar-refractivity contribution < 1.29 is 0 Å². The van der Waals surface area contributed by atoms with Crippen LogP contribution in [0.2, 0.25) is 0 Å². The van der Waals surface area contributed by atoms with Gasteiger partial charge in [0, 0.05) is 23.7 Å². The van der Waals surface area contributed by atoms with E-state index in [0.29, 0.717) is 6.04 Å². The molecule has 0 unspecified atom stereocenters. The van der Waals surface area contributed by atoms with E-state index in [4.69, 9.17) is 0 Å². The number of rotatable bonds is 5. The first-order valence-corrected chi connectivity index (χ1v) is 7.52. The van der Waals surface area contributed by atoms with Crippen molar-refractivity contribution in [3.05, 3.63) is 16.1 Å². The number of aryl methyl sites for hydroxylation is 1. The summed E-state index contributed by atoms with van der Waals surface area (Å²) < 4.78 is 0. The summed E-state index contributed by atoms with van der Waals surface area (Å²) in [6.07, 6.45) is 5.67. The molecule has 1 N–H and O–H groups in total. The molecule has 1 aliphatic rings. The fourth-order valence-electron chi connectivity index (χ4n) is 2.28. The second-order valence-electron chi connectivity index (χ2n) is 4.66. The van der Waals surface area contributed by atoms with Gasteiger partial charge < -0.3 is 10.2 Å². The Morgan fingerprint density at radius 2 is 2.18 bits per heavy atom. The fourth-order valence-corrected chi connectivity index (χ4v) is 3.09. The molecule has 0 bridgehead atoms. The number of thiazole rings is 1. The van der Waals surface area contributed by atoms with Gasteiger partial charge in [-0.2, -0.15) is 0 Å². The van der Waals surface area contributed by atoms with Crippen molar-refractivity contribution in [3.8, 4) is 0 Å². The van der Waals surface area contributed by atoms with Crippen molar-refractivity contribution in [2.24, 2.45) is 0 Å². The predicted molar refractivity (Wildman–Crippen MR) is 73.5 cm³/mol. The number of likely N-dealkylation sites (tertiary alicyclic amines) is 1. The van der Waals surface area contributed by atoms with Crippen molar-refractivity contribution in [2.45, 2.75) is 45.7 Å². The summed E-state index contributed by atoms with van der Waals surface area (Å²) in [7, 11) is 0. The fraction of sp³-hybridized carbons (Fsp3) is 0.769. The normalized spacial score (nSPS) is 18.7. The van der Waals surface area contributed by atoms with E-state index in [1.807, 2.05) is 17.5 Å². The first-order valence-electron chi connectivity index (χ1n) is 6.71. The number of aromatic nitrogens is 1. The van der Waals surface area contributed by atoms with E-state index in [2.05, 4.69) is 29.0 Å². The highest BCUT2D eigenvalue weighted by Gasteiger charge is 2.17. The van der Waals surface area contributed by atoms with E-state index in [9.17, 15) is 0 Å². The summed E-state index contributed by atoms with van der Waals surface area (Å²) in [4.78, 5) is 8.36. The molecule has 0 amide bonds. The average Bonchev–Trinajstić information content (AvgIpc) is 2.85. The molecule has 17 heavy (non-hydrogen) atoms. The van der Waals surface area contributed by atoms with Crippen LogP contribution in [0.25, 0.3) is 0 Å². The largest absolute Gasteiger partial charge is 0.308 e. The Balaban J connectivity index is 1.72. The van der Waals surface area contributed by atoms with Gasteiger partial charge in [-0.3, -0.25) is 0 Å². The smallest absolute Gasteiger partial charge is 0.107 e. The topological polar surface area (TPSA) is 28.2 Å². The van der Waals surface area contributed by atoms with Crippen molar-refractivity contribution in [2.75, 3.05) is 19.6 Å². The monoisotopic (exact) mass is 253 g/mol. The molecule has 0 atom stereocenters. The van der Waals surface area contributed by atoms with Crippen LogP contribution in [0.4, 0.5) is 0 Å². The van der Waals surface area contributed by atoms with Crippen molar-refractivity contribution >= 4 is 11.3 Å². The lowest BCUT2D eigenvalue weighted by atomic mass is 10.1. The highest BCUT2D eigenvalue weighted by atomic mass is 32.1. The van der Waals surface area contributed by atoms with Gasteiger partial charge >= 0.3 is 0 Å². The molecule has 2 heterocycles. The van der Waals surface area contributed by atoms with Crippen LogP contribution in [0.5, 0.6) is 0 Å². The summed E-state index contributed by atoms with van der Waals surface area (Å²) in [5, 5.41) is 4.88. The predicted octanol–water partition coefficient (Wildman–Crippen LogP) is 2.28. The molecule has 1 aromatic rings. The standard InChI is InChI=1S/C13H23N3S/c1-3-12-9-15-13(17-12)10-14-11-5-7-16(4-2)8-6-11/h9,11,14H,3-8,10H2,1-2H3. The maximum absolute atomic E-state index is 4.45. The molecule has 0 aromatic carbocycles. The van der Waals surface area contributed by atoms with Crippen LogP contribution in [0, 0.1) is 0 Å². The van der Waals surface area contributed by atoms with Crippen LogP contribution in [0.15, 0.2) is 6.20 Å². The van der Waals surface area contributed by atoms with Crippen LogP contribution in [0.3, 0.4) is 0 Å². The van der Waals surface area contributed by atoms with E-state index < -0.39 is 0 Å². The molecule has 1 fully saturated rings. The molecule has 2 rings (SSSR count). The summed E-state index contributed by atoms with van der Waals surface area (Å²) in [5.41, 5.74) is 0. The Morgan fingerprint density at radius 3 is 2.76 bits per heavy atom. The molecule has 0 aliphatic carbocycles. The molecule has 4 heteroatoms. The SMILES string of the molecule is CCc1cnc(CNC2CCN(CC)CC2)s1. The number of hydrogen-bond donors (Lipinski definition) is 1. The van der Waals surface area contributed by atoms with E-state index in [0.717, 1.165) is 13.0 Å². The molecular weight excluding hydrogens is 230 g/mol. The molecule has 96 valence electrons. The second-order valence-corrected chi connectivity index (χ2v) is 5.86. The number of nitrogens with one attached hydrogen (secondary N) is 1. The zero-order chi connectivity index (χ0) is 12.1. The van der Waals surface area contributed by atoms with Gasteiger partial charge in [-0.1, -0.05) is 13.8 Å². The summed E-state index contributed by atoms with van der Waals surface area (Å²) in [6.45, 7) is 9.06. The first kappa shape index (κ1) is 13.0. The Labute approximate surface area is 108 Å². The first-order chi connectivity index (χ1) is 8.31. The number of nitrogens with zero attached hydrogens (tertiary/aromatic N) is 2. The van der Waals surface area contributed by atoms with E-state index in [1.54, 1.807) is 0 Å². The summed E-state index contributed by atoms with van der Waals surface area (Å²) in [5.74, 6) is 0. The van der Waals surface area contributed by atoms with Gasteiger partial charge in [-0.15, -0.1) is 11.3 Å². The Hall–Kier alpha value is -0.450. The highest BCUT2D eigenvalue weighted by molar-refractivity contribution is 7.11. The van der Waals surface area contributed by atoms with Gasteiger partial charge in [0.05, 0.1) is 0 Å². The van der Waals surface area contributed by atoms with Gasteiger partial charge in [-0.25, -0.2) is 4.98 Å². The second kappa shape index (κ2) is 6.47. The quantitative estimate of drug-likeness (QED) is 0.872. The molecule has 1 aromatic heterocycles. The van der Waals surface area contributed by atoms with Gasteiger partial charge in [0.15, 0.2) is 0 Å². The van der Waals surface area contributed by atoms with Gasteiger partial charge in [0.25, 0.3) is 0 Å². The maximum Gasteiger partial charge on any atom is 0.107 e. The van der Waals surface area contributed by atoms with Crippen LogP contribution in [0.1, 0.15) is 36.6 Å². The number of hydrogen-bond acceptors (Lipinski definition) is 4. The average molecular weight is 253 g/mol. The van der Waals surface area contributed by atoms with Gasteiger partial charge in [0.1, 0.15) is 5.01 Å². The third-order valence-electron chi connectivity index (χ3n) is 3.53. The molecule has 3 nitrogen and oxygen atoms in total. The van der Waals surface area contributed by atoms with Crippen molar-refractivity contribution in [1.82, 2.24) is 15.2 Å². The third kappa shape index (κ3) is 3.76. The lowest BCUT2D eigenvalue weighted by Gasteiger charge is -2.31. The zero-order valence-corrected chi connectivity index (χ0v) is 11.7. The minimum absolute atomic E-state index is 0.687. The van der Waals surface area contributed by atoms with Crippen LogP contribution < -0.4 is 5.32 Å². The van der Waals surface area contributed by atoms with E-state index in [1.165, 1.54) is 42.4 Å². The van der Waals surface area contributed by atoms with Crippen LogP contribution in [-0.4, -0.2) is 35.6 Å². The molecule has 1 saturated heterocycles. The summed E-state index contributed by atoms with van der Waals surface area (Å²) in [6, 6.07) is 0.687. The van der Waals surface area contributed by atoms with E-state index in [-0.39, 0.29) is 0 Å². The lowest BCUT2D eigenvalue weighted by molar-refractivity contribution is 0.206. The minimum Gasteiger partial charge on any atom is -0.308 e. The molecule has 1 aliphatic heterocycles. The molecule has 0 spiro atoms.